The molecule has 2 aliphatic rings. The van der Waals surface area contributed by atoms with Crippen molar-refractivity contribution >= 4 is 29.5 Å². The van der Waals surface area contributed by atoms with Gasteiger partial charge in [0.1, 0.15) is 19.1 Å². The fourth-order valence-corrected chi connectivity index (χ4v) is 5.22. The third kappa shape index (κ3) is 3.75. The van der Waals surface area contributed by atoms with Crippen molar-refractivity contribution in [2.24, 2.45) is 0 Å². The Morgan fingerprint density at radius 2 is 1.97 bits per heavy atom. The van der Waals surface area contributed by atoms with Gasteiger partial charge in [-0.3, -0.25) is 4.79 Å². The van der Waals surface area contributed by atoms with Crippen molar-refractivity contribution in [2.45, 2.75) is 52.0 Å². The van der Waals surface area contributed by atoms with Gasteiger partial charge in [0, 0.05) is 27.2 Å². The Balaban J connectivity index is 1.95. The van der Waals surface area contributed by atoms with Crippen LogP contribution >= 0.6 is 11.8 Å². The molecule has 2 N–H and O–H groups in total. The number of nitrogens with one attached hydrogen (secondary N) is 1. The highest BCUT2D eigenvalue weighted by molar-refractivity contribution is 8.06. The number of benzene rings is 1. The highest BCUT2D eigenvalue weighted by Gasteiger charge is 2.71. The maximum Gasteiger partial charge on any atom is 0.394 e. The first kappa shape index (κ1) is 21.3. The molecule has 0 radical (unpaired) electrons. The minimum Gasteiger partial charge on any atom is -0.453 e. The van der Waals surface area contributed by atoms with Crippen LogP contribution in [0.1, 0.15) is 39.2 Å². The zero-order chi connectivity index (χ0) is 21.4. The van der Waals surface area contributed by atoms with Crippen molar-refractivity contribution in [1.29, 1.82) is 0 Å². The molecule has 8 heteroatoms. The molecule has 2 aliphatic heterocycles. The summed E-state index contributed by atoms with van der Waals surface area (Å²) in [7, 11) is 0. The van der Waals surface area contributed by atoms with Crippen molar-refractivity contribution in [3.8, 4) is 0 Å². The van der Waals surface area contributed by atoms with Gasteiger partial charge in [0.25, 0.3) is 0 Å². The van der Waals surface area contributed by atoms with E-state index in [1.807, 2.05) is 30.3 Å². The minimum atomic E-state index is -1.49. The number of fused-ring (bicyclic) bond motifs is 1. The van der Waals surface area contributed by atoms with Crippen LogP contribution in [0.5, 0.6) is 0 Å². The van der Waals surface area contributed by atoms with Gasteiger partial charge in [-0.25, -0.2) is 9.59 Å². The first-order valence-electron chi connectivity index (χ1n) is 9.31. The Morgan fingerprint density at radius 1 is 1.31 bits per heavy atom. The Morgan fingerprint density at radius 3 is 2.52 bits per heavy atom. The molecular formula is C21H25N2O5S+. The maximum atomic E-state index is 13.1. The van der Waals surface area contributed by atoms with Gasteiger partial charge >= 0.3 is 11.9 Å². The lowest BCUT2D eigenvalue weighted by atomic mass is 9.92. The second-order valence-electron chi connectivity index (χ2n) is 7.71. The van der Waals surface area contributed by atoms with E-state index in [0.717, 1.165) is 17.3 Å². The van der Waals surface area contributed by atoms with Gasteiger partial charge in [0.05, 0.1) is 9.93 Å². The predicted octanol–water partition coefficient (Wildman–Crippen LogP) is 2.53. The molecule has 1 fully saturated rings. The lowest BCUT2D eigenvalue weighted by molar-refractivity contribution is -0.933. The molecule has 2 heterocycles. The second-order valence-corrected chi connectivity index (χ2v) is 8.90. The number of esters is 1. The first-order chi connectivity index (χ1) is 13.6. The van der Waals surface area contributed by atoms with Crippen molar-refractivity contribution < 1.29 is 28.7 Å². The van der Waals surface area contributed by atoms with Gasteiger partial charge in [-0.1, -0.05) is 48.7 Å². The highest BCUT2D eigenvalue weighted by Crippen LogP contribution is 2.55. The molecule has 0 bridgehead atoms. The summed E-state index contributed by atoms with van der Waals surface area (Å²) in [5.41, 5.74) is -0.539. The summed E-state index contributed by atoms with van der Waals surface area (Å²) in [6.07, 6.45) is 0.699. The van der Waals surface area contributed by atoms with Gasteiger partial charge in [-0.05, 0) is 5.56 Å². The number of carbonyl (C=O) groups is 3. The number of ether oxygens (including phenoxy) is 1. The van der Waals surface area contributed by atoms with Gasteiger partial charge in [0.15, 0.2) is 0 Å². The Kier molecular flexibility index (Phi) is 5.71. The predicted molar refractivity (Wildman–Crippen MR) is 108 cm³/mol. The van der Waals surface area contributed by atoms with Crippen LogP contribution in [0, 0.1) is 0 Å². The average Bonchev–Trinajstić information content (AvgIpc) is 2.88. The van der Waals surface area contributed by atoms with Crippen molar-refractivity contribution in [3.63, 3.8) is 0 Å². The fraction of sp³-hybridized carbons (Fsp3) is 0.381. The molecule has 154 valence electrons. The van der Waals surface area contributed by atoms with Crippen molar-refractivity contribution in [1.82, 2.24) is 5.32 Å². The zero-order valence-electron chi connectivity index (χ0n) is 16.7. The molecule has 2 unspecified atom stereocenters. The summed E-state index contributed by atoms with van der Waals surface area (Å²) in [5, 5.41) is 13.8. The van der Waals surface area contributed by atoms with E-state index in [1.165, 1.54) is 20.8 Å². The lowest BCUT2D eigenvalue weighted by Crippen LogP contribution is -2.75. The SMILES string of the molecule is C=C(NC(C)=O)SC1=C(C(=O)OCc2ccccc2)[N+]2(C(C)(C)O)C(=O)CC2C1. The van der Waals surface area contributed by atoms with Crippen LogP contribution in [-0.4, -0.2) is 39.1 Å². The Labute approximate surface area is 174 Å². The zero-order valence-corrected chi connectivity index (χ0v) is 17.5. The van der Waals surface area contributed by atoms with Crippen LogP contribution in [0.3, 0.4) is 0 Å². The van der Waals surface area contributed by atoms with E-state index < -0.39 is 16.2 Å². The monoisotopic (exact) mass is 417 g/mol. The molecule has 0 spiro atoms. The van der Waals surface area contributed by atoms with Crippen LogP contribution in [0.4, 0.5) is 0 Å². The second kappa shape index (κ2) is 7.78. The van der Waals surface area contributed by atoms with E-state index in [4.69, 9.17) is 4.74 Å². The molecular weight excluding hydrogens is 392 g/mol. The van der Waals surface area contributed by atoms with E-state index in [1.54, 1.807) is 0 Å². The number of thioether (sulfide) groups is 1. The van der Waals surface area contributed by atoms with E-state index >= 15 is 0 Å². The van der Waals surface area contributed by atoms with E-state index in [9.17, 15) is 19.5 Å². The molecule has 3 rings (SSSR count). The van der Waals surface area contributed by atoms with Gasteiger partial charge in [-0.15, -0.1) is 0 Å². The largest absolute Gasteiger partial charge is 0.453 e. The Bertz CT molecular complexity index is 903. The van der Waals surface area contributed by atoms with Gasteiger partial charge in [0.2, 0.25) is 17.3 Å². The summed E-state index contributed by atoms with van der Waals surface area (Å²) in [5.74, 6) is -1.15. The number of hydrogen-bond acceptors (Lipinski definition) is 6. The first-order valence-corrected chi connectivity index (χ1v) is 10.1. The molecule has 1 saturated heterocycles. The molecule has 0 aliphatic carbocycles. The molecule has 1 aromatic rings. The standard InChI is InChI=1S/C21H24N2O5S/c1-13(24)22-14(2)29-17-10-16-11-18(25)23(16,21(3,4)27)19(17)20(26)28-12-15-8-6-5-7-9-15/h5-9,16,27H,2,10-12H2,1,3-4H3/p+1. The average molecular weight is 418 g/mol. The lowest BCUT2D eigenvalue weighted by Gasteiger charge is -2.51. The molecule has 0 aromatic heterocycles. The van der Waals surface area contributed by atoms with E-state index in [2.05, 4.69) is 11.9 Å². The summed E-state index contributed by atoms with van der Waals surface area (Å²) >= 11 is 1.13. The minimum absolute atomic E-state index is 0.0540. The van der Waals surface area contributed by atoms with Gasteiger partial charge < -0.3 is 15.2 Å². The maximum absolute atomic E-state index is 13.1. The highest BCUT2D eigenvalue weighted by atomic mass is 32.2. The fourth-order valence-electron chi connectivity index (χ4n) is 4.13. The summed E-state index contributed by atoms with van der Waals surface area (Å²) in [6, 6.07) is 8.98. The molecule has 7 nitrogen and oxygen atoms in total. The van der Waals surface area contributed by atoms with Crippen molar-refractivity contribution in [2.75, 3.05) is 0 Å². The number of quaternary nitrogens is 1. The molecule has 2 amide bonds. The number of amides is 2. The smallest absolute Gasteiger partial charge is 0.394 e. The number of rotatable bonds is 7. The number of carbonyl (C=O) groups excluding carboxylic acids is 3. The normalized spacial score (nSPS) is 23.3. The topological polar surface area (TPSA) is 92.7 Å². The van der Waals surface area contributed by atoms with Crippen LogP contribution in [-0.2, 0) is 25.7 Å². The third-order valence-electron chi connectivity index (χ3n) is 5.22. The quantitative estimate of drug-likeness (QED) is 0.402. The molecule has 29 heavy (non-hydrogen) atoms. The Hall–Kier alpha value is -2.42. The van der Waals surface area contributed by atoms with Gasteiger partial charge in [-0.2, -0.15) is 4.48 Å². The third-order valence-corrected chi connectivity index (χ3v) is 6.18. The number of β-lactam (4-membered cyclic amide) rings is 1. The number of nitrogens with zero attached hydrogens (tertiary/aromatic N) is 1. The van der Waals surface area contributed by atoms with Crippen LogP contribution < -0.4 is 5.32 Å². The molecule has 1 aromatic carbocycles. The van der Waals surface area contributed by atoms with Crippen LogP contribution in [0.2, 0.25) is 0 Å². The number of hydrogen-bond donors (Lipinski definition) is 2. The van der Waals surface area contributed by atoms with Crippen LogP contribution in [0.15, 0.2) is 52.5 Å². The van der Waals surface area contributed by atoms with E-state index in [-0.39, 0.29) is 36.6 Å². The summed E-state index contributed by atoms with van der Waals surface area (Å²) in [6.45, 7) is 8.28. The molecule has 2 atom stereocenters. The molecule has 0 saturated carbocycles. The van der Waals surface area contributed by atoms with Crippen LogP contribution in [0.25, 0.3) is 0 Å². The summed E-state index contributed by atoms with van der Waals surface area (Å²) in [4.78, 5) is 37.8. The van der Waals surface area contributed by atoms with E-state index in [0.29, 0.717) is 16.4 Å². The summed E-state index contributed by atoms with van der Waals surface area (Å²) < 4.78 is 5.07. The van der Waals surface area contributed by atoms with Crippen molar-refractivity contribution in [3.05, 3.63) is 58.1 Å². The number of aliphatic hydroxyl groups is 1.